The zero-order valence-electron chi connectivity index (χ0n) is 16.2. The van der Waals surface area contributed by atoms with Gasteiger partial charge in [-0.15, -0.1) is 0 Å². The highest BCUT2D eigenvalue weighted by Gasteiger charge is 2.21. The van der Waals surface area contributed by atoms with Crippen LogP contribution >= 0.6 is 0 Å². The fourth-order valence-corrected chi connectivity index (χ4v) is 3.42. The van der Waals surface area contributed by atoms with Crippen molar-refractivity contribution >= 4 is 0 Å². The van der Waals surface area contributed by atoms with E-state index in [-0.39, 0.29) is 0 Å². The van der Waals surface area contributed by atoms with Crippen LogP contribution in [0.3, 0.4) is 0 Å². The molecule has 1 atom stereocenters. The summed E-state index contributed by atoms with van der Waals surface area (Å²) in [4.78, 5) is 6.85. The molecule has 1 aliphatic heterocycles. The summed E-state index contributed by atoms with van der Waals surface area (Å²) in [5.74, 6) is 2.55. The summed E-state index contributed by atoms with van der Waals surface area (Å²) in [6, 6.07) is 6.11. The lowest BCUT2D eigenvalue weighted by Gasteiger charge is -2.25. The molecule has 1 aromatic carbocycles. The Hall–Kier alpha value is -2.05. The van der Waals surface area contributed by atoms with Crippen LogP contribution in [0.15, 0.2) is 24.4 Å². The van der Waals surface area contributed by atoms with E-state index < -0.39 is 0 Å². The monoisotopic (exact) mass is 359 g/mol. The van der Waals surface area contributed by atoms with Crippen molar-refractivity contribution in [2.75, 3.05) is 27.4 Å². The van der Waals surface area contributed by atoms with Gasteiger partial charge in [-0.2, -0.15) is 0 Å². The SMILES string of the molecule is COc1ccc(CN(Cc2cnc(C)n2C)C[C@H]2CCCO2)cc1OC. The number of nitrogens with zero attached hydrogens (tertiary/aromatic N) is 3. The van der Waals surface area contributed by atoms with Crippen molar-refractivity contribution < 1.29 is 14.2 Å². The van der Waals surface area contributed by atoms with Gasteiger partial charge in [0.25, 0.3) is 0 Å². The summed E-state index contributed by atoms with van der Waals surface area (Å²) in [6.45, 7) is 5.48. The third-order valence-electron chi connectivity index (χ3n) is 5.04. The Kier molecular flexibility index (Phi) is 6.16. The van der Waals surface area contributed by atoms with Crippen LogP contribution in [0, 0.1) is 6.92 Å². The number of ether oxygens (including phenoxy) is 3. The number of methoxy groups -OCH3 is 2. The molecule has 1 aromatic heterocycles. The van der Waals surface area contributed by atoms with Crippen molar-refractivity contribution in [3.8, 4) is 11.5 Å². The zero-order chi connectivity index (χ0) is 18.5. The van der Waals surface area contributed by atoms with E-state index in [1.807, 2.05) is 19.2 Å². The first-order valence-corrected chi connectivity index (χ1v) is 9.12. The van der Waals surface area contributed by atoms with Crippen LogP contribution in [0.25, 0.3) is 0 Å². The van der Waals surface area contributed by atoms with Crippen molar-refractivity contribution in [3.63, 3.8) is 0 Å². The van der Waals surface area contributed by atoms with Gasteiger partial charge in [-0.3, -0.25) is 4.90 Å². The largest absolute Gasteiger partial charge is 0.493 e. The van der Waals surface area contributed by atoms with Gasteiger partial charge in [0.15, 0.2) is 11.5 Å². The molecule has 0 bridgehead atoms. The smallest absolute Gasteiger partial charge is 0.161 e. The van der Waals surface area contributed by atoms with Gasteiger partial charge in [-0.1, -0.05) is 6.07 Å². The summed E-state index contributed by atoms with van der Waals surface area (Å²) >= 11 is 0. The first-order valence-electron chi connectivity index (χ1n) is 9.12. The number of benzene rings is 1. The molecule has 2 aromatic rings. The van der Waals surface area contributed by atoms with Gasteiger partial charge in [0.1, 0.15) is 5.82 Å². The lowest BCUT2D eigenvalue weighted by Crippen LogP contribution is -2.32. The van der Waals surface area contributed by atoms with Gasteiger partial charge in [-0.05, 0) is 37.5 Å². The molecule has 26 heavy (non-hydrogen) atoms. The molecular formula is C20H29N3O3. The van der Waals surface area contributed by atoms with Gasteiger partial charge in [0.2, 0.25) is 0 Å². The molecular weight excluding hydrogens is 330 g/mol. The molecule has 0 unspecified atom stereocenters. The molecule has 142 valence electrons. The summed E-state index contributed by atoms with van der Waals surface area (Å²) in [5, 5.41) is 0. The summed E-state index contributed by atoms with van der Waals surface area (Å²) < 4.78 is 18.8. The molecule has 0 saturated carbocycles. The molecule has 1 aliphatic rings. The second-order valence-corrected chi connectivity index (χ2v) is 6.85. The third-order valence-corrected chi connectivity index (χ3v) is 5.04. The highest BCUT2D eigenvalue weighted by molar-refractivity contribution is 5.42. The highest BCUT2D eigenvalue weighted by atomic mass is 16.5. The molecule has 3 rings (SSSR count). The molecule has 1 saturated heterocycles. The van der Waals surface area contributed by atoms with E-state index in [4.69, 9.17) is 14.2 Å². The van der Waals surface area contributed by atoms with E-state index in [1.54, 1.807) is 14.2 Å². The van der Waals surface area contributed by atoms with Crippen LogP contribution in [-0.4, -0.2) is 47.9 Å². The second kappa shape index (κ2) is 8.56. The Morgan fingerprint density at radius 1 is 1.23 bits per heavy atom. The number of hydrogen-bond acceptors (Lipinski definition) is 5. The summed E-state index contributed by atoms with van der Waals surface area (Å²) in [6.07, 6.45) is 4.56. The molecule has 0 radical (unpaired) electrons. The second-order valence-electron chi connectivity index (χ2n) is 6.85. The maximum Gasteiger partial charge on any atom is 0.161 e. The van der Waals surface area contributed by atoms with Crippen LogP contribution in [-0.2, 0) is 24.9 Å². The van der Waals surface area contributed by atoms with Crippen LogP contribution in [0.4, 0.5) is 0 Å². The number of aryl methyl sites for hydroxylation is 1. The quantitative estimate of drug-likeness (QED) is 0.725. The predicted molar refractivity (Wildman–Crippen MR) is 101 cm³/mol. The van der Waals surface area contributed by atoms with Crippen molar-refractivity contribution in [2.45, 2.75) is 39.0 Å². The fourth-order valence-electron chi connectivity index (χ4n) is 3.42. The maximum atomic E-state index is 5.87. The minimum Gasteiger partial charge on any atom is -0.493 e. The predicted octanol–water partition coefficient (Wildman–Crippen LogP) is 2.93. The van der Waals surface area contributed by atoms with Gasteiger partial charge in [-0.25, -0.2) is 4.98 Å². The molecule has 2 heterocycles. The van der Waals surface area contributed by atoms with E-state index in [9.17, 15) is 0 Å². The Labute approximate surface area is 155 Å². The Morgan fingerprint density at radius 2 is 2.04 bits per heavy atom. The van der Waals surface area contributed by atoms with Crippen molar-refractivity contribution in [1.29, 1.82) is 0 Å². The van der Waals surface area contributed by atoms with Crippen molar-refractivity contribution in [1.82, 2.24) is 14.5 Å². The van der Waals surface area contributed by atoms with Crippen LogP contribution < -0.4 is 9.47 Å². The average molecular weight is 359 g/mol. The topological polar surface area (TPSA) is 48.8 Å². The van der Waals surface area contributed by atoms with Gasteiger partial charge in [0.05, 0.1) is 26.0 Å². The zero-order valence-corrected chi connectivity index (χ0v) is 16.2. The van der Waals surface area contributed by atoms with Crippen LogP contribution in [0.5, 0.6) is 11.5 Å². The van der Waals surface area contributed by atoms with Gasteiger partial charge >= 0.3 is 0 Å². The van der Waals surface area contributed by atoms with Crippen LogP contribution in [0.2, 0.25) is 0 Å². The Morgan fingerprint density at radius 3 is 2.65 bits per heavy atom. The van der Waals surface area contributed by atoms with Crippen LogP contribution in [0.1, 0.15) is 29.9 Å². The van der Waals surface area contributed by atoms with Crippen molar-refractivity contribution in [2.24, 2.45) is 7.05 Å². The molecule has 0 N–H and O–H groups in total. The standard InChI is InChI=1S/C20H29N3O3/c1-15-21-11-17(22(15)2)13-23(14-18-6-5-9-26-18)12-16-7-8-19(24-3)20(10-16)25-4/h7-8,10-11,18H,5-6,9,12-14H2,1-4H3/t18-/m1/s1. The number of aromatic nitrogens is 2. The van der Waals surface area contributed by atoms with E-state index in [1.165, 1.54) is 11.3 Å². The van der Waals surface area contributed by atoms with E-state index in [0.717, 1.165) is 56.4 Å². The fraction of sp³-hybridized carbons (Fsp3) is 0.550. The number of hydrogen-bond donors (Lipinski definition) is 0. The highest BCUT2D eigenvalue weighted by Crippen LogP contribution is 2.28. The maximum absolute atomic E-state index is 5.87. The Balaban J connectivity index is 1.77. The summed E-state index contributed by atoms with van der Waals surface area (Å²) in [5.41, 5.74) is 2.40. The average Bonchev–Trinajstić information content (AvgIpc) is 3.27. The van der Waals surface area contributed by atoms with E-state index in [2.05, 4.69) is 33.6 Å². The van der Waals surface area contributed by atoms with E-state index >= 15 is 0 Å². The minimum absolute atomic E-state index is 0.310. The lowest BCUT2D eigenvalue weighted by molar-refractivity contribution is 0.0671. The number of rotatable bonds is 8. The summed E-state index contributed by atoms with van der Waals surface area (Å²) in [7, 11) is 5.40. The van der Waals surface area contributed by atoms with Crippen molar-refractivity contribution in [3.05, 3.63) is 41.5 Å². The molecule has 0 aliphatic carbocycles. The molecule has 1 fully saturated rings. The first-order chi connectivity index (χ1) is 12.6. The molecule has 0 spiro atoms. The lowest BCUT2D eigenvalue weighted by atomic mass is 10.1. The molecule has 0 amide bonds. The molecule has 6 heteroatoms. The Bertz CT molecular complexity index is 723. The first kappa shape index (κ1) is 18.7. The minimum atomic E-state index is 0.310. The molecule has 6 nitrogen and oxygen atoms in total. The van der Waals surface area contributed by atoms with Gasteiger partial charge in [0, 0.05) is 39.5 Å². The normalized spacial score (nSPS) is 17.0. The van der Waals surface area contributed by atoms with E-state index in [0.29, 0.717) is 6.10 Å². The van der Waals surface area contributed by atoms with Gasteiger partial charge < -0.3 is 18.8 Å². The number of imidazole rings is 1. The third kappa shape index (κ3) is 4.37.